The first-order valence-corrected chi connectivity index (χ1v) is 8.45. The average molecular weight is 378 g/mol. The molecule has 0 N–H and O–H groups in total. The van der Waals surface area contributed by atoms with Gasteiger partial charge >= 0.3 is 17.1 Å². The SMILES string of the molecule is CN1CCCN2CCN(CCCN(C)CC2(Cl)Cl)CC1.[Mn+2]. The summed E-state index contributed by atoms with van der Waals surface area (Å²) in [4.78, 5) is 9.48. The first-order chi connectivity index (χ1) is 9.47. The Morgan fingerprint density at radius 2 is 1.33 bits per heavy atom. The largest absolute Gasteiger partial charge is 2.00 e. The molecule has 2 fully saturated rings. The smallest absolute Gasteiger partial charge is 0.305 e. The summed E-state index contributed by atoms with van der Waals surface area (Å²) in [6.07, 6.45) is 2.31. The van der Waals surface area contributed by atoms with Crippen molar-refractivity contribution < 1.29 is 17.1 Å². The maximum absolute atomic E-state index is 6.63. The zero-order valence-electron chi connectivity index (χ0n) is 13.2. The van der Waals surface area contributed by atoms with Crippen LogP contribution in [0, 0.1) is 0 Å². The fraction of sp³-hybridized carbons (Fsp3) is 1.00. The van der Waals surface area contributed by atoms with E-state index < -0.39 is 4.46 Å². The molecule has 2 aliphatic rings. The zero-order valence-corrected chi connectivity index (χ0v) is 15.9. The molecule has 2 aliphatic heterocycles. The molecule has 0 aromatic heterocycles. The van der Waals surface area contributed by atoms with Crippen molar-refractivity contribution in [1.82, 2.24) is 19.6 Å². The van der Waals surface area contributed by atoms with Crippen LogP contribution in [0.4, 0.5) is 0 Å². The molecule has 21 heavy (non-hydrogen) atoms. The number of alkyl halides is 2. The number of rotatable bonds is 0. The number of likely N-dealkylation sites (N-methyl/N-ethyl adjacent to an activating group) is 2. The number of nitrogens with zero attached hydrogens (tertiary/aromatic N) is 4. The topological polar surface area (TPSA) is 13.0 Å². The molecule has 2 rings (SSSR count). The normalized spacial score (nSPS) is 33.1. The Balaban J connectivity index is 0.00000220. The molecular formula is C14H28Cl2MnN4+2. The predicted octanol–water partition coefficient (Wildman–Crippen LogP) is 1.39. The van der Waals surface area contributed by atoms with E-state index >= 15 is 0 Å². The molecule has 123 valence electrons. The van der Waals surface area contributed by atoms with Crippen molar-refractivity contribution in [3.8, 4) is 0 Å². The third kappa shape index (κ3) is 6.52. The molecule has 0 spiro atoms. The van der Waals surface area contributed by atoms with Gasteiger partial charge in [-0.1, -0.05) is 23.2 Å². The van der Waals surface area contributed by atoms with E-state index in [-0.39, 0.29) is 17.1 Å². The van der Waals surface area contributed by atoms with Gasteiger partial charge in [0.2, 0.25) is 0 Å². The van der Waals surface area contributed by atoms with Gasteiger partial charge in [0.25, 0.3) is 0 Å². The minimum Gasteiger partial charge on any atom is -0.305 e. The molecule has 2 bridgehead atoms. The summed E-state index contributed by atoms with van der Waals surface area (Å²) in [5, 5.41) is 0. The minimum absolute atomic E-state index is 0. The molecule has 0 aliphatic carbocycles. The standard InChI is InChI=1S/C14H28Cl2N4.Mn/c1-17-5-4-8-20-12-11-19(10-9-17)7-3-6-18(2)13-14(20,15)16;/h3-13H2,1-2H3;/q;+2. The van der Waals surface area contributed by atoms with Gasteiger partial charge in [-0.25, -0.2) is 0 Å². The predicted molar refractivity (Wildman–Crippen MR) is 86.7 cm³/mol. The number of halogens is 2. The van der Waals surface area contributed by atoms with E-state index in [1.807, 2.05) is 0 Å². The van der Waals surface area contributed by atoms with Gasteiger partial charge in [0.1, 0.15) is 0 Å². The van der Waals surface area contributed by atoms with E-state index in [1.54, 1.807) is 0 Å². The monoisotopic (exact) mass is 377 g/mol. The van der Waals surface area contributed by atoms with Crippen LogP contribution in [-0.2, 0) is 17.1 Å². The molecule has 2 atom stereocenters. The summed E-state index contributed by atoms with van der Waals surface area (Å²) in [5.74, 6) is 0. The van der Waals surface area contributed by atoms with Gasteiger partial charge < -0.3 is 14.7 Å². The van der Waals surface area contributed by atoms with Crippen LogP contribution in [0.5, 0.6) is 0 Å². The van der Waals surface area contributed by atoms with Crippen LogP contribution < -0.4 is 0 Å². The van der Waals surface area contributed by atoms with E-state index in [9.17, 15) is 0 Å². The maximum Gasteiger partial charge on any atom is 2.00 e. The Kier molecular flexibility index (Phi) is 8.84. The molecule has 2 saturated heterocycles. The first kappa shape index (κ1) is 20.0. The first-order valence-electron chi connectivity index (χ1n) is 7.70. The molecule has 0 amide bonds. The van der Waals surface area contributed by atoms with Crippen molar-refractivity contribution in [3.05, 3.63) is 0 Å². The van der Waals surface area contributed by atoms with Crippen molar-refractivity contribution >= 4 is 23.2 Å². The van der Waals surface area contributed by atoms with Gasteiger partial charge in [0.05, 0.1) is 0 Å². The van der Waals surface area contributed by atoms with Crippen molar-refractivity contribution in [1.29, 1.82) is 0 Å². The third-order valence-electron chi connectivity index (χ3n) is 4.39. The molecule has 2 heterocycles. The summed E-state index contributed by atoms with van der Waals surface area (Å²) in [6.45, 7) is 9.36. The number of fused-ring (bicyclic) bond motifs is 3. The molecule has 4 nitrogen and oxygen atoms in total. The van der Waals surface area contributed by atoms with Gasteiger partial charge in [0.15, 0.2) is 4.46 Å². The van der Waals surface area contributed by atoms with Crippen LogP contribution in [0.3, 0.4) is 0 Å². The van der Waals surface area contributed by atoms with Gasteiger partial charge in [0, 0.05) is 39.3 Å². The molecule has 0 aromatic rings. The van der Waals surface area contributed by atoms with Gasteiger partial charge in [-0.05, 0) is 46.6 Å². The fourth-order valence-electron chi connectivity index (χ4n) is 3.06. The summed E-state index contributed by atoms with van der Waals surface area (Å²) in [7, 11) is 4.32. The summed E-state index contributed by atoms with van der Waals surface area (Å²) in [6, 6.07) is 0. The zero-order chi connectivity index (χ0) is 14.6. The Hall–Kier alpha value is 0.939. The fourth-order valence-corrected chi connectivity index (χ4v) is 3.81. The molecule has 2 unspecified atom stereocenters. The maximum atomic E-state index is 6.63. The van der Waals surface area contributed by atoms with E-state index in [0.29, 0.717) is 6.54 Å². The minimum atomic E-state index is -0.768. The van der Waals surface area contributed by atoms with Gasteiger partial charge in [-0.15, -0.1) is 0 Å². The molecule has 0 aromatic carbocycles. The molecular weight excluding hydrogens is 350 g/mol. The Morgan fingerprint density at radius 3 is 2.10 bits per heavy atom. The van der Waals surface area contributed by atoms with Crippen molar-refractivity contribution in [2.24, 2.45) is 0 Å². The Labute approximate surface area is 150 Å². The van der Waals surface area contributed by atoms with Crippen molar-refractivity contribution in [2.45, 2.75) is 17.3 Å². The van der Waals surface area contributed by atoms with Crippen LogP contribution >= 0.6 is 23.2 Å². The molecule has 1 radical (unpaired) electrons. The second-order valence-corrected chi connectivity index (χ2v) is 7.69. The summed E-state index contributed by atoms with van der Waals surface area (Å²) in [5.41, 5.74) is 0. The van der Waals surface area contributed by atoms with Gasteiger partial charge in [-0.3, -0.25) is 4.90 Å². The molecule has 0 saturated carbocycles. The van der Waals surface area contributed by atoms with E-state index in [0.717, 1.165) is 52.2 Å². The Morgan fingerprint density at radius 1 is 0.714 bits per heavy atom. The van der Waals surface area contributed by atoms with E-state index in [2.05, 4.69) is 33.7 Å². The average Bonchev–Trinajstić information content (AvgIpc) is 2.37. The van der Waals surface area contributed by atoms with E-state index in [4.69, 9.17) is 23.2 Å². The van der Waals surface area contributed by atoms with Crippen LogP contribution in [0.1, 0.15) is 12.8 Å². The van der Waals surface area contributed by atoms with E-state index in [1.165, 1.54) is 13.0 Å². The Bertz CT molecular complexity index is 307. The third-order valence-corrected chi connectivity index (χ3v) is 5.11. The second kappa shape index (κ2) is 9.29. The van der Waals surface area contributed by atoms with Crippen LogP contribution in [-0.4, -0.2) is 97.1 Å². The van der Waals surface area contributed by atoms with Crippen molar-refractivity contribution in [2.75, 3.05) is 73.0 Å². The van der Waals surface area contributed by atoms with Crippen LogP contribution in [0.15, 0.2) is 0 Å². The summed E-state index contributed by atoms with van der Waals surface area (Å²) >= 11 is 13.3. The van der Waals surface area contributed by atoms with Crippen molar-refractivity contribution in [3.63, 3.8) is 0 Å². The van der Waals surface area contributed by atoms with Gasteiger partial charge in [-0.2, -0.15) is 0 Å². The van der Waals surface area contributed by atoms with Crippen LogP contribution in [0.25, 0.3) is 0 Å². The quantitative estimate of drug-likeness (QED) is 0.359. The number of hydrogen-bond donors (Lipinski definition) is 0. The number of hydrogen-bond acceptors (Lipinski definition) is 4. The second-order valence-electron chi connectivity index (χ2n) is 6.24. The summed E-state index contributed by atoms with van der Waals surface area (Å²) < 4.78 is -0.768. The van der Waals surface area contributed by atoms with Crippen LogP contribution in [0.2, 0.25) is 0 Å². The molecule has 7 heteroatoms.